The van der Waals surface area contributed by atoms with Gasteiger partial charge in [0.15, 0.2) is 5.41 Å². The lowest BCUT2D eigenvalue weighted by Crippen LogP contribution is -2.44. The summed E-state index contributed by atoms with van der Waals surface area (Å²) in [6.45, 7) is -0.471. The third-order valence-corrected chi connectivity index (χ3v) is 5.12. The molecular weight excluding hydrogens is 318 g/mol. The van der Waals surface area contributed by atoms with Gasteiger partial charge in [-0.15, -0.1) is 0 Å². The van der Waals surface area contributed by atoms with Crippen LogP contribution in [0.1, 0.15) is 11.1 Å². The molecule has 1 aromatic heterocycles. The first kappa shape index (κ1) is 15.4. The molecule has 4 rings (SSSR count). The summed E-state index contributed by atoms with van der Waals surface area (Å²) in [6.07, 6.45) is 1.85. The summed E-state index contributed by atoms with van der Waals surface area (Å²) in [6, 6.07) is 15.0. The number of aromatic nitrogens is 1. The highest BCUT2D eigenvalue weighted by Crippen LogP contribution is 2.47. The topological polar surface area (TPSA) is 68.4 Å². The highest BCUT2D eigenvalue weighted by molar-refractivity contribution is 6.12. The van der Waals surface area contributed by atoms with Crippen LogP contribution in [0.2, 0.25) is 0 Å². The van der Waals surface area contributed by atoms with Crippen LogP contribution in [0.4, 0.5) is 5.69 Å². The van der Waals surface area contributed by atoms with Crippen molar-refractivity contribution in [2.75, 3.05) is 18.5 Å². The van der Waals surface area contributed by atoms with Gasteiger partial charge in [0.1, 0.15) is 0 Å². The van der Waals surface area contributed by atoms with Crippen molar-refractivity contribution in [2.24, 2.45) is 7.05 Å². The SMILES string of the molecule is CN1C(=O)[C@@](C[N+](=O)[O-])(c2cn(C)c3ccccc23)c2ccccc21. The molecule has 0 N–H and O–H groups in total. The number of hydrogen-bond donors (Lipinski definition) is 0. The van der Waals surface area contributed by atoms with Crippen molar-refractivity contribution in [1.29, 1.82) is 0 Å². The number of amides is 1. The van der Waals surface area contributed by atoms with Gasteiger partial charge in [-0.2, -0.15) is 0 Å². The maximum Gasteiger partial charge on any atom is 0.248 e. The van der Waals surface area contributed by atoms with Crippen molar-refractivity contribution in [2.45, 2.75) is 5.41 Å². The normalized spacial score (nSPS) is 19.4. The summed E-state index contributed by atoms with van der Waals surface area (Å²) in [5, 5.41) is 12.4. The van der Waals surface area contributed by atoms with Crippen LogP contribution in [0.15, 0.2) is 54.7 Å². The number of anilines is 1. The van der Waals surface area contributed by atoms with Gasteiger partial charge < -0.3 is 9.47 Å². The molecular formula is C19H17N3O3. The molecule has 6 nitrogen and oxygen atoms in total. The molecule has 25 heavy (non-hydrogen) atoms. The highest BCUT2D eigenvalue weighted by Gasteiger charge is 2.56. The Kier molecular flexibility index (Phi) is 3.18. The van der Waals surface area contributed by atoms with Gasteiger partial charge in [-0.1, -0.05) is 36.4 Å². The average molecular weight is 335 g/mol. The average Bonchev–Trinajstić information content (AvgIpc) is 3.05. The number of carbonyl (C=O) groups excluding carboxylic acids is 1. The molecule has 0 saturated carbocycles. The van der Waals surface area contributed by atoms with E-state index in [1.54, 1.807) is 7.05 Å². The summed E-state index contributed by atoms with van der Waals surface area (Å²) in [5.74, 6) is -0.262. The number of carbonyl (C=O) groups is 1. The first-order valence-corrected chi connectivity index (χ1v) is 8.01. The van der Waals surface area contributed by atoms with Crippen LogP contribution in [0.5, 0.6) is 0 Å². The third kappa shape index (κ3) is 1.94. The van der Waals surface area contributed by atoms with E-state index in [0.29, 0.717) is 11.1 Å². The Bertz CT molecular complexity index is 1020. The molecule has 126 valence electrons. The fourth-order valence-corrected chi connectivity index (χ4v) is 4.01. The van der Waals surface area contributed by atoms with Gasteiger partial charge in [-0.05, 0) is 12.1 Å². The van der Waals surface area contributed by atoms with Gasteiger partial charge in [0.05, 0.1) is 0 Å². The van der Waals surface area contributed by atoms with Gasteiger partial charge in [0, 0.05) is 52.9 Å². The standard InChI is InChI=1S/C19H17N3O3/c1-20-11-15(13-7-3-5-9-16(13)20)19(12-22(24)25)14-8-4-6-10-17(14)21(2)18(19)23/h3-11H,12H2,1-2H3/t19-/m1/s1. The first-order valence-electron chi connectivity index (χ1n) is 8.01. The molecule has 0 unspecified atom stereocenters. The Hall–Kier alpha value is -3.15. The number of nitro groups is 1. The van der Waals surface area contributed by atoms with E-state index in [-0.39, 0.29) is 5.91 Å². The molecule has 1 atom stereocenters. The lowest BCUT2D eigenvalue weighted by molar-refractivity contribution is -0.486. The van der Waals surface area contributed by atoms with E-state index in [1.807, 2.05) is 66.3 Å². The molecule has 0 bridgehead atoms. The van der Waals surface area contributed by atoms with E-state index < -0.39 is 16.9 Å². The van der Waals surface area contributed by atoms with E-state index in [4.69, 9.17) is 0 Å². The number of rotatable bonds is 3. The Labute approximate surface area is 144 Å². The molecule has 0 spiro atoms. The largest absolute Gasteiger partial charge is 0.350 e. The third-order valence-electron chi connectivity index (χ3n) is 5.12. The Morgan fingerprint density at radius 2 is 1.72 bits per heavy atom. The fourth-order valence-electron chi connectivity index (χ4n) is 4.01. The van der Waals surface area contributed by atoms with E-state index in [1.165, 1.54) is 4.90 Å². The van der Waals surface area contributed by atoms with Crippen LogP contribution in [0.3, 0.4) is 0 Å². The zero-order chi connectivity index (χ0) is 17.8. The Balaban J connectivity index is 2.11. The van der Waals surface area contributed by atoms with Crippen molar-refractivity contribution in [3.05, 3.63) is 76.0 Å². The second-order valence-electron chi connectivity index (χ2n) is 6.45. The predicted octanol–water partition coefficient (Wildman–Crippen LogP) is 2.72. The zero-order valence-corrected chi connectivity index (χ0v) is 14.0. The summed E-state index contributed by atoms with van der Waals surface area (Å²) in [5.41, 5.74) is 1.73. The smallest absolute Gasteiger partial charge is 0.248 e. The summed E-state index contributed by atoms with van der Waals surface area (Å²) < 4.78 is 1.92. The van der Waals surface area contributed by atoms with Gasteiger partial charge in [0.2, 0.25) is 12.5 Å². The van der Waals surface area contributed by atoms with Gasteiger partial charge in [-0.3, -0.25) is 14.9 Å². The summed E-state index contributed by atoms with van der Waals surface area (Å²) in [4.78, 5) is 26.0. The van der Waals surface area contributed by atoms with Crippen LogP contribution >= 0.6 is 0 Å². The molecule has 0 fully saturated rings. The number of benzene rings is 2. The monoisotopic (exact) mass is 335 g/mol. The quantitative estimate of drug-likeness (QED) is 0.546. The zero-order valence-electron chi connectivity index (χ0n) is 14.0. The van der Waals surface area contributed by atoms with Crippen molar-refractivity contribution in [1.82, 2.24) is 4.57 Å². The predicted molar refractivity (Wildman–Crippen MR) is 95.4 cm³/mol. The number of likely N-dealkylation sites (N-methyl/N-ethyl adjacent to an activating group) is 1. The molecule has 3 aromatic rings. The van der Waals surface area contributed by atoms with Gasteiger partial charge >= 0.3 is 0 Å². The maximum absolute atomic E-state index is 13.3. The van der Waals surface area contributed by atoms with Crippen LogP contribution in [-0.4, -0.2) is 29.0 Å². The summed E-state index contributed by atoms with van der Waals surface area (Å²) in [7, 11) is 3.56. The second kappa shape index (κ2) is 5.17. The molecule has 1 aliphatic heterocycles. The van der Waals surface area contributed by atoms with Crippen LogP contribution < -0.4 is 4.90 Å². The fraction of sp³-hybridized carbons (Fsp3) is 0.211. The van der Waals surface area contributed by atoms with Crippen LogP contribution in [0.25, 0.3) is 10.9 Å². The minimum atomic E-state index is -1.31. The highest BCUT2D eigenvalue weighted by atomic mass is 16.6. The first-order chi connectivity index (χ1) is 12.0. The van der Waals surface area contributed by atoms with Gasteiger partial charge in [-0.25, -0.2) is 0 Å². The van der Waals surface area contributed by atoms with Crippen molar-refractivity contribution < 1.29 is 9.72 Å². The minimum Gasteiger partial charge on any atom is -0.350 e. The van der Waals surface area contributed by atoms with Crippen LogP contribution in [-0.2, 0) is 17.3 Å². The number of hydrogen-bond acceptors (Lipinski definition) is 3. The maximum atomic E-state index is 13.3. The minimum absolute atomic E-state index is 0.262. The second-order valence-corrected chi connectivity index (χ2v) is 6.45. The molecule has 1 amide bonds. The molecule has 0 saturated heterocycles. The molecule has 2 aromatic carbocycles. The number of para-hydroxylation sites is 2. The van der Waals surface area contributed by atoms with Crippen LogP contribution in [0, 0.1) is 10.1 Å². The van der Waals surface area contributed by atoms with Gasteiger partial charge in [0.25, 0.3) is 0 Å². The molecule has 0 aliphatic carbocycles. The van der Waals surface area contributed by atoms with E-state index in [2.05, 4.69) is 0 Å². The Morgan fingerprint density at radius 3 is 2.48 bits per heavy atom. The lowest BCUT2D eigenvalue weighted by atomic mass is 9.75. The lowest BCUT2D eigenvalue weighted by Gasteiger charge is -2.24. The number of fused-ring (bicyclic) bond motifs is 2. The molecule has 6 heteroatoms. The Morgan fingerprint density at radius 1 is 1.04 bits per heavy atom. The molecule has 1 aliphatic rings. The van der Waals surface area contributed by atoms with Crippen molar-refractivity contribution in [3.63, 3.8) is 0 Å². The number of nitrogens with zero attached hydrogens (tertiary/aromatic N) is 3. The molecule has 2 heterocycles. The van der Waals surface area contributed by atoms with Crippen molar-refractivity contribution in [3.8, 4) is 0 Å². The van der Waals surface area contributed by atoms with E-state index in [0.717, 1.165) is 16.6 Å². The van der Waals surface area contributed by atoms with Crippen molar-refractivity contribution >= 4 is 22.5 Å². The van der Waals surface area contributed by atoms with E-state index >= 15 is 0 Å². The number of aryl methyl sites for hydroxylation is 1. The molecule has 0 radical (unpaired) electrons. The summed E-state index contributed by atoms with van der Waals surface area (Å²) >= 11 is 0. The van der Waals surface area contributed by atoms with E-state index in [9.17, 15) is 14.9 Å².